The molecular weight excluding hydrogens is 286 g/mol. The van der Waals surface area contributed by atoms with Crippen molar-refractivity contribution in [2.75, 3.05) is 5.75 Å². The summed E-state index contributed by atoms with van der Waals surface area (Å²) in [6.45, 7) is 0. The SMILES string of the molecule is O=C(O)CCCSc1nc2cc(C(=O)O)ccc2s1. The van der Waals surface area contributed by atoms with Crippen LogP contribution in [0.2, 0.25) is 0 Å². The summed E-state index contributed by atoms with van der Waals surface area (Å²) in [5.41, 5.74) is 0.894. The van der Waals surface area contributed by atoms with Gasteiger partial charge in [-0.2, -0.15) is 0 Å². The molecule has 0 atom stereocenters. The van der Waals surface area contributed by atoms with Gasteiger partial charge in [0, 0.05) is 12.2 Å². The Morgan fingerprint density at radius 2 is 2.11 bits per heavy atom. The molecule has 19 heavy (non-hydrogen) atoms. The van der Waals surface area contributed by atoms with Crippen molar-refractivity contribution in [2.45, 2.75) is 17.2 Å². The van der Waals surface area contributed by atoms with Crippen LogP contribution in [0.25, 0.3) is 10.2 Å². The van der Waals surface area contributed by atoms with Crippen LogP contribution in [-0.4, -0.2) is 32.9 Å². The van der Waals surface area contributed by atoms with Gasteiger partial charge < -0.3 is 10.2 Å². The Bertz CT molecular complexity index is 623. The number of hydrogen-bond acceptors (Lipinski definition) is 5. The number of aliphatic carboxylic acids is 1. The number of aromatic nitrogens is 1. The molecule has 2 rings (SSSR count). The highest BCUT2D eigenvalue weighted by molar-refractivity contribution is 8.01. The van der Waals surface area contributed by atoms with E-state index in [-0.39, 0.29) is 12.0 Å². The summed E-state index contributed by atoms with van der Waals surface area (Å²) in [6, 6.07) is 4.86. The van der Waals surface area contributed by atoms with Crippen LogP contribution in [0.4, 0.5) is 0 Å². The fourth-order valence-corrected chi connectivity index (χ4v) is 3.54. The van der Waals surface area contributed by atoms with Gasteiger partial charge in [0.25, 0.3) is 0 Å². The predicted octanol–water partition coefficient (Wildman–Crippen LogP) is 2.95. The summed E-state index contributed by atoms with van der Waals surface area (Å²) in [5.74, 6) is -1.07. The molecule has 100 valence electrons. The number of rotatable bonds is 6. The quantitative estimate of drug-likeness (QED) is 0.629. The van der Waals surface area contributed by atoms with Crippen LogP contribution in [0, 0.1) is 0 Å². The third-order valence-corrected chi connectivity index (χ3v) is 4.64. The number of carbonyl (C=O) groups is 2. The van der Waals surface area contributed by atoms with Crippen molar-refractivity contribution in [2.24, 2.45) is 0 Å². The monoisotopic (exact) mass is 297 g/mol. The molecule has 2 aromatic rings. The molecule has 0 aliphatic rings. The summed E-state index contributed by atoms with van der Waals surface area (Å²) < 4.78 is 1.77. The van der Waals surface area contributed by atoms with E-state index in [2.05, 4.69) is 4.98 Å². The maximum Gasteiger partial charge on any atom is 0.335 e. The van der Waals surface area contributed by atoms with Gasteiger partial charge >= 0.3 is 11.9 Å². The Kier molecular flexibility index (Phi) is 4.39. The fraction of sp³-hybridized carbons (Fsp3) is 0.250. The summed E-state index contributed by atoms with van der Waals surface area (Å²) >= 11 is 2.99. The Morgan fingerprint density at radius 1 is 1.32 bits per heavy atom. The lowest BCUT2D eigenvalue weighted by atomic mass is 10.2. The van der Waals surface area contributed by atoms with Gasteiger partial charge in [-0.15, -0.1) is 11.3 Å². The zero-order valence-electron chi connectivity index (χ0n) is 9.83. The van der Waals surface area contributed by atoms with Crippen LogP contribution in [-0.2, 0) is 4.79 Å². The Hall–Kier alpha value is -1.60. The lowest BCUT2D eigenvalue weighted by Gasteiger charge is -1.94. The van der Waals surface area contributed by atoms with Gasteiger partial charge in [0.1, 0.15) is 0 Å². The second-order valence-corrected chi connectivity index (χ2v) is 6.19. The molecule has 0 saturated carbocycles. The van der Waals surface area contributed by atoms with Crippen molar-refractivity contribution in [1.82, 2.24) is 4.98 Å². The summed E-state index contributed by atoms with van der Waals surface area (Å²) in [6.07, 6.45) is 0.747. The number of carboxylic acid groups (broad SMARTS) is 2. The van der Waals surface area contributed by atoms with E-state index in [1.54, 1.807) is 18.2 Å². The molecule has 0 fully saturated rings. The largest absolute Gasteiger partial charge is 0.481 e. The van der Waals surface area contributed by atoms with Crippen molar-refractivity contribution >= 4 is 45.3 Å². The van der Waals surface area contributed by atoms with Gasteiger partial charge in [-0.1, -0.05) is 11.8 Å². The Morgan fingerprint density at radius 3 is 2.79 bits per heavy atom. The first kappa shape index (κ1) is 13.8. The third-order valence-electron chi connectivity index (χ3n) is 2.38. The van der Waals surface area contributed by atoms with E-state index < -0.39 is 11.9 Å². The molecule has 1 heterocycles. The molecule has 0 radical (unpaired) electrons. The van der Waals surface area contributed by atoms with Gasteiger partial charge in [0.05, 0.1) is 15.8 Å². The van der Waals surface area contributed by atoms with Gasteiger partial charge in [-0.05, 0) is 24.6 Å². The fourth-order valence-electron chi connectivity index (χ4n) is 1.48. The molecule has 2 N–H and O–H groups in total. The van der Waals surface area contributed by atoms with Crippen LogP contribution in [0.15, 0.2) is 22.5 Å². The minimum Gasteiger partial charge on any atom is -0.481 e. The average molecular weight is 297 g/mol. The van der Waals surface area contributed by atoms with Gasteiger partial charge in [0.15, 0.2) is 4.34 Å². The average Bonchev–Trinajstić information content (AvgIpc) is 2.75. The molecule has 1 aromatic carbocycles. The molecule has 0 amide bonds. The normalized spacial score (nSPS) is 10.7. The highest BCUT2D eigenvalue weighted by atomic mass is 32.2. The summed E-state index contributed by atoms with van der Waals surface area (Å²) in [7, 11) is 0. The van der Waals surface area contributed by atoms with Crippen LogP contribution < -0.4 is 0 Å². The van der Waals surface area contributed by atoms with E-state index in [0.717, 1.165) is 9.04 Å². The molecule has 0 aliphatic carbocycles. The predicted molar refractivity (Wildman–Crippen MR) is 74.2 cm³/mol. The number of fused-ring (bicyclic) bond motifs is 1. The molecule has 0 unspecified atom stereocenters. The van der Waals surface area contributed by atoms with E-state index >= 15 is 0 Å². The first-order chi connectivity index (χ1) is 9.06. The molecule has 7 heteroatoms. The maximum atomic E-state index is 10.8. The van der Waals surface area contributed by atoms with E-state index in [4.69, 9.17) is 10.2 Å². The highest BCUT2D eigenvalue weighted by Crippen LogP contribution is 2.30. The standard InChI is InChI=1S/C12H11NO4S2/c14-10(15)2-1-5-18-12-13-8-6-7(11(16)17)3-4-9(8)19-12/h3-4,6H,1-2,5H2,(H,14,15)(H,16,17). The van der Waals surface area contributed by atoms with Crippen LogP contribution >= 0.6 is 23.1 Å². The minimum atomic E-state index is -0.967. The zero-order valence-corrected chi connectivity index (χ0v) is 11.5. The number of hydrogen-bond donors (Lipinski definition) is 2. The molecular formula is C12H11NO4S2. The van der Waals surface area contributed by atoms with Crippen molar-refractivity contribution in [3.63, 3.8) is 0 Å². The molecule has 0 bridgehead atoms. The number of thioether (sulfide) groups is 1. The van der Waals surface area contributed by atoms with Gasteiger partial charge in [-0.3, -0.25) is 4.79 Å². The number of nitrogens with zero attached hydrogens (tertiary/aromatic N) is 1. The Labute approximate surface area is 117 Å². The first-order valence-corrected chi connectivity index (χ1v) is 7.35. The van der Waals surface area contributed by atoms with E-state index in [1.165, 1.54) is 23.1 Å². The van der Waals surface area contributed by atoms with Gasteiger partial charge in [-0.25, -0.2) is 9.78 Å². The van der Waals surface area contributed by atoms with E-state index in [9.17, 15) is 9.59 Å². The van der Waals surface area contributed by atoms with Crippen molar-refractivity contribution in [3.05, 3.63) is 23.8 Å². The molecule has 0 spiro atoms. The molecule has 0 saturated heterocycles. The van der Waals surface area contributed by atoms with Gasteiger partial charge in [0.2, 0.25) is 0 Å². The summed E-state index contributed by atoms with van der Waals surface area (Å²) in [5, 5.41) is 17.4. The van der Waals surface area contributed by atoms with Crippen molar-refractivity contribution in [3.8, 4) is 0 Å². The second kappa shape index (κ2) is 6.03. The minimum absolute atomic E-state index is 0.154. The second-order valence-electron chi connectivity index (χ2n) is 3.81. The van der Waals surface area contributed by atoms with E-state index in [1.807, 2.05) is 0 Å². The lowest BCUT2D eigenvalue weighted by Crippen LogP contribution is -1.95. The van der Waals surface area contributed by atoms with E-state index in [0.29, 0.717) is 17.7 Å². The lowest BCUT2D eigenvalue weighted by molar-refractivity contribution is -0.137. The Balaban J connectivity index is 2.04. The van der Waals surface area contributed by atoms with Crippen LogP contribution in [0.3, 0.4) is 0 Å². The number of benzene rings is 1. The van der Waals surface area contributed by atoms with Crippen molar-refractivity contribution in [1.29, 1.82) is 0 Å². The molecule has 0 aliphatic heterocycles. The molecule has 5 nitrogen and oxygen atoms in total. The topological polar surface area (TPSA) is 87.5 Å². The summed E-state index contributed by atoms with van der Waals surface area (Å²) in [4.78, 5) is 25.6. The maximum absolute atomic E-state index is 10.8. The number of carboxylic acids is 2. The number of thiazole rings is 1. The molecule has 1 aromatic heterocycles. The number of aromatic carboxylic acids is 1. The van der Waals surface area contributed by atoms with Crippen molar-refractivity contribution < 1.29 is 19.8 Å². The van der Waals surface area contributed by atoms with Crippen LogP contribution in [0.1, 0.15) is 23.2 Å². The van der Waals surface area contributed by atoms with Crippen LogP contribution in [0.5, 0.6) is 0 Å². The third kappa shape index (κ3) is 3.68. The highest BCUT2D eigenvalue weighted by Gasteiger charge is 2.08. The first-order valence-electron chi connectivity index (χ1n) is 5.55. The smallest absolute Gasteiger partial charge is 0.335 e. The zero-order chi connectivity index (χ0) is 13.8.